The molecule has 0 unspecified atom stereocenters. The number of nitrogen functional groups attached to an aromatic ring is 1. The molecule has 1 aromatic heterocycles. The predicted octanol–water partition coefficient (Wildman–Crippen LogP) is 3.56. The molecule has 3 aromatic rings. The zero-order valence-corrected chi connectivity index (χ0v) is 12.4. The Morgan fingerprint density at radius 1 is 1.10 bits per heavy atom. The van der Waals surface area contributed by atoms with Crippen LogP contribution in [0.4, 0.5) is 21.8 Å². The lowest BCUT2D eigenvalue weighted by atomic mass is 10.2. The standard InChI is InChI=1S/C14H11BrFN5/c15-10-7-8(5-6-11(10)16)18-13-9-3-1-2-4-12(9)19-14(20-13)21-17/h1-7H,17H2,(H2,18,19,20,21). The van der Waals surface area contributed by atoms with E-state index in [0.29, 0.717) is 21.9 Å². The number of aromatic nitrogens is 2. The summed E-state index contributed by atoms with van der Waals surface area (Å²) in [6, 6.07) is 12.2. The molecule has 0 atom stereocenters. The van der Waals surface area contributed by atoms with Gasteiger partial charge in [-0.3, -0.25) is 5.43 Å². The highest BCUT2D eigenvalue weighted by Crippen LogP contribution is 2.27. The number of halogens is 2. The van der Waals surface area contributed by atoms with Crippen LogP contribution in [0.5, 0.6) is 0 Å². The molecule has 0 bridgehead atoms. The molecule has 106 valence electrons. The Hall–Kier alpha value is -2.25. The van der Waals surface area contributed by atoms with Crippen LogP contribution < -0.4 is 16.6 Å². The molecule has 0 fully saturated rings. The first-order valence-corrected chi connectivity index (χ1v) is 6.92. The third kappa shape index (κ3) is 2.79. The molecule has 0 radical (unpaired) electrons. The molecule has 1 heterocycles. The van der Waals surface area contributed by atoms with Gasteiger partial charge in [-0.25, -0.2) is 15.2 Å². The number of anilines is 3. The monoisotopic (exact) mass is 347 g/mol. The van der Waals surface area contributed by atoms with E-state index in [9.17, 15) is 4.39 Å². The molecule has 0 aliphatic rings. The van der Waals surface area contributed by atoms with Gasteiger partial charge in [0.05, 0.1) is 9.99 Å². The SMILES string of the molecule is NNc1nc(Nc2ccc(F)c(Br)c2)c2ccccc2n1. The Labute approximate surface area is 128 Å². The van der Waals surface area contributed by atoms with Crippen molar-refractivity contribution in [3.63, 3.8) is 0 Å². The third-order valence-corrected chi connectivity index (χ3v) is 3.52. The number of fused-ring (bicyclic) bond motifs is 1. The molecule has 0 spiro atoms. The number of rotatable bonds is 3. The van der Waals surface area contributed by atoms with E-state index in [-0.39, 0.29) is 5.82 Å². The summed E-state index contributed by atoms with van der Waals surface area (Å²) in [4.78, 5) is 8.57. The van der Waals surface area contributed by atoms with Gasteiger partial charge < -0.3 is 5.32 Å². The second-order valence-corrected chi connectivity index (χ2v) is 5.17. The summed E-state index contributed by atoms with van der Waals surface area (Å²) in [6.07, 6.45) is 0. The molecular weight excluding hydrogens is 337 g/mol. The Bertz CT molecular complexity index is 808. The number of hydrogen-bond acceptors (Lipinski definition) is 5. The van der Waals surface area contributed by atoms with Crippen LogP contribution in [0.25, 0.3) is 10.9 Å². The second-order valence-electron chi connectivity index (χ2n) is 4.31. The minimum atomic E-state index is -0.322. The van der Waals surface area contributed by atoms with E-state index in [1.54, 1.807) is 12.1 Å². The van der Waals surface area contributed by atoms with E-state index in [4.69, 9.17) is 5.84 Å². The number of nitrogens with one attached hydrogen (secondary N) is 2. The maximum absolute atomic E-state index is 13.3. The topological polar surface area (TPSA) is 75.9 Å². The molecule has 0 amide bonds. The van der Waals surface area contributed by atoms with E-state index < -0.39 is 0 Å². The van der Waals surface area contributed by atoms with Crippen molar-refractivity contribution in [1.82, 2.24) is 9.97 Å². The summed E-state index contributed by atoms with van der Waals surface area (Å²) in [5.41, 5.74) is 3.89. The van der Waals surface area contributed by atoms with Crippen molar-refractivity contribution >= 4 is 44.3 Å². The lowest BCUT2D eigenvalue weighted by Gasteiger charge is -2.11. The Kier molecular flexibility index (Phi) is 3.68. The zero-order chi connectivity index (χ0) is 14.8. The van der Waals surface area contributed by atoms with Gasteiger partial charge in [0, 0.05) is 11.1 Å². The average molecular weight is 348 g/mol. The Morgan fingerprint density at radius 2 is 1.90 bits per heavy atom. The van der Waals surface area contributed by atoms with E-state index in [1.807, 2.05) is 24.3 Å². The molecule has 0 saturated heterocycles. The number of benzene rings is 2. The molecule has 0 aliphatic carbocycles. The van der Waals surface area contributed by atoms with Crippen LogP contribution in [0, 0.1) is 5.82 Å². The number of nitrogens with two attached hydrogens (primary N) is 1. The van der Waals surface area contributed by atoms with Crippen molar-refractivity contribution in [2.24, 2.45) is 5.84 Å². The van der Waals surface area contributed by atoms with Gasteiger partial charge in [0.1, 0.15) is 11.6 Å². The molecule has 0 aliphatic heterocycles. The van der Waals surface area contributed by atoms with Crippen molar-refractivity contribution in [1.29, 1.82) is 0 Å². The van der Waals surface area contributed by atoms with E-state index >= 15 is 0 Å². The van der Waals surface area contributed by atoms with E-state index in [0.717, 1.165) is 10.9 Å². The van der Waals surface area contributed by atoms with Crippen molar-refractivity contribution in [3.05, 3.63) is 52.8 Å². The summed E-state index contributed by atoms with van der Waals surface area (Å²) in [6.45, 7) is 0. The quantitative estimate of drug-likeness (QED) is 0.498. The average Bonchev–Trinajstić information content (AvgIpc) is 2.51. The number of hydrazine groups is 1. The van der Waals surface area contributed by atoms with Crippen LogP contribution in [0.15, 0.2) is 46.9 Å². The largest absolute Gasteiger partial charge is 0.340 e. The minimum Gasteiger partial charge on any atom is -0.340 e. The fourth-order valence-electron chi connectivity index (χ4n) is 1.95. The summed E-state index contributed by atoms with van der Waals surface area (Å²) in [5.74, 6) is 5.96. The van der Waals surface area contributed by atoms with Gasteiger partial charge in [0.2, 0.25) is 5.95 Å². The van der Waals surface area contributed by atoms with Gasteiger partial charge in [0.25, 0.3) is 0 Å². The minimum absolute atomic E-state index is 0.303. The molecule has 21 heavy (non-hydrogen) atoms. The van der Waals surface area contributed by atoms with Crippen molar-refractivity contribution < 1.29 is 4.39 Å². The van der Waals surface area contributed by atoms with Crippen LogP contribution in [0.3, 0.4) is 0 Å². The maximum atomic E-state index is 13.3. The lowest BCUT2D eigenvalue weighted by molar-refractivity contribution is 0.621. The van der Waals surface area contributed by atoms with Crippen LogP contribution >= 0.6 is 15.9 Å². The molecular formula is C14H11BrFN5. The smallest absolute Gasteiger partial charge is 0.239 e. The van der Waals surface area contributed by atoms with Crippen LogP contribution in [-0.4, -0.2) is 9.97 Å². The van der Waals surface area contributed by atoms with Gasteiger partial charge in [-0.15, -0.1) is 0 Å². The van der Waals surface area contributed by atoms with Crippen LogP contribution in [0.2, 0.25) is 0 Å². The highest BCUT2D eigenvalue weighted by molar-refractivity contribution is 9.10. The number of para-hydroxylation sites is 1. The first kappa shape index (κ1) is 13.7. The van der Waals surface area contributed by atoms with Gasteiger partial charge in [-0.1, -0.05) is 12.1 Å². The van der Waals surface area contributed by atoms with Crippen molar-refractivity contribution in [2.45, 2.75) is 0 Å². The molecule has 7 heteroatoms. The number of nitrogens with zero attached hydrogens (tertiary/aromatic N) is 2. The highest BCUT2D eigenvalue weighted by Gasteiger charge is 2.08. The number of hydrogen-bond donors (Lipinski definition) is 3. The maximum Gasteiger partial charge on any atom is 0.239 e. The predicted molar refractivity (Wildman–Crippen MR) is 84.7 cm³/mol. The summed E-state index contributed by atoms with van der Waals surface area (Å²) >= 11 is 3.16. The molecule has 3 rings (SSSR count). The third-order valence-electron chi connectivity index (χ3n) is 2.91. The summed E-state index contributed by atoms with van der Waals surface area (Å²) < 4.78 is 13.7. The molecule has 0 saturated carbocycles. The fourth-order valence-corrected chi connectivity index (χ4v) is 2.33. The normalized spacial score (nSPS) is 10.6. The first-order chi connectivity index (χ1) is 10.2. The first-order valence-electron chi connectivity index (χ1n) is 6.13. The summed E-state index contributed by atoms with van der Waals surface area (Å²) in [7, 11) is 0. The zero-order valence-electron chi connectivity index (χ0n) is 10.8. The lowest BCUT2D eigenvalue weighted by Crippen LogP contribution is -2.11. The van der Waals surface area contributed by atoms with Crippen molar-refractivity contribution in [3.8, 4) is 0 Å². The summed E-state index contributed by atoms with van der Waals surface area (Å²) in [5, 5.41) is 3.99. The molecule has 4 N–H and O–H groups in total. The van der Waals surface area contributed by atoms with Gasteiger partial charge in [-0.05, 0) is 46.3 Å². The molecule has 5 nitrogen and oxygen atoms in total. The Balaban J connectivity index is 2.08. The van der Waals surface area contributed by atoms with Crippen molar-refractivity contribution in [2.75, 3.05) is 10.7 Å². The van der Waals surface area contributed by atoms with Crippen LogP contribution in [-0.2, 0) is 0 Å². The highest BCUT2D eigenvalue weighted by atomic mass is 79.9. The van der Waals surface area contributed by atoms with Crippen LogP contribution in [0.1, 0.15) is 0 Å². The van der Waals surface area contributed by atoms with Gasteiger partial charge >= 0.3 is 0 Å². The van der Waals surface area contributed by atoms with Gasteiger partial charge in [0.15, 0.2) is 0 Å². The van der Waals surface area contributed by atoms with Gasteiger partial charge in [-0.2, -0.15) is 4.98 Å². The Morgan fingerprint density at radius 3 is 2.67 bits per heavy atom. The van der Waals surface area contributed by atoms with E-state index in [2.05, 4.69) is 36.6 Å². The second kappa shape index (κ2) is 5.63. The fraction of sp³-hybridized carbons (Fsp3) is 0. The molecule has 2 aromatic carbocycles. The van der Waals surface area contributed by atoms with E-state index in [1.165, 1.54) is 6.07 Å².